The fourth-order valence-electron chi connectivity index (χ4n) is 4.95. The molecular formula is C25H29N5O2. The number of nitrogens with one attached hydrogen (secondary N) is 1. The number of carbonyl (C=O) groups excluding carboxylic acids is 1. The second kappa shape index (κ2) is 8.37. The van der Waals surface area contributed by atoms with Crippen LogP contribution in [0.15, 0.2) is 41.1 Å². The highest BCUT2D eigenvalue weighted by atomic mass is 16.5. The summed E-state index contributed by atoms with van der Waals surface area (Å²) >= 11 is 0. The van der Waals surface area contributed by atoms with Gasteiger partial charge in [0.2, 0.25) is 11.9 Å². The van der Waals surface area contributed by atoms with Gasteiger partial charge in [-0.25, -0.2) is 9.97 Å². The Morgan fingerprint density at radius 1 is 1.16 bits per heavy atom. The van der Waals surface area contributed by atoms with E-state index >= 15 is 0 Å². The number of amides is 1. The molecule has 1 unspecified atom stereocenters. The fraction of sp³-hybridized carbons (Fsp3) is 0.440. The van der Waals surface area contributed by atoms with E-state index in [0.29, 0.717) is 30.1 Å². The maximum absolute atomic E-state index is 12.6. The lowest BCUT2D eigenvalue weighted by atomic mass is 10.0. The molecule has 0 aliphatic heterocycles. The van der Waals surface area contributed by atoms with Gasteiger partial charge in [0.15, 0.2) is 5.76 Å². The van der Waals surface area contributed by atoms with Crippen LogP contribution in [0.2, 0.25) is 0 Å². The van der Waals surface area contributed by atoms with Crippen LogP contribution < -0.4 is 10.2 Å². The van der Waals surface area contributed by atoms with Gasteiger partial charge < -0.3 is 14.7 Å². The number of anilines is 1. The summed E-state index contributed by atoms with van der Waals surface area (Å²) in [7, 11) is 3.83. The number of rotatable bonds is 6. The van der Waals surface area contributed by atoms with Gasteiger partial charge in [-0.15, -0.1) is 0 Å². The van der Waals surface area contributed by atoms with Gasteiger partial charge in [0.1, 0.15) is 0 Å². The van der Waals surface area contributed by atoms with Gasteiger partial charge in [-0.3, -0.25) is 4.79 Å². The zero-order valence-electron chi connectivity index (χ0n) is 18.8. The van der Waals surface area contributed by atoms with Crippen LogP contribution in [0.1, 0.15) is 36.9 Å². The third-order valence-electron chi connectivity index (χ3n) is 6.72. The molecule has 1 N–H and O–H groups in total. The Morgan fingerprint density at radius 3 is 2.50 bits per heavy atom. The van der Waals surface area contributed by atoms with Crippen LogP contribution in [0.3, 0.4) is 0 Å². The highest BCUT2D eigenvalue weighted by Gasteiger charge is 2.54. The fourth-order valence-corrected chi connectivity index (χ4v) is 4.95. The molecule has 166 valence electrons. The molecule has 2 aromatic heterocycles. The zero-order chi connectivity index (χ0) is 22.2. The normalized spacial score (nSPS) is 21.7. The first kappa shape index (κ1) is 20.7. The quantitative estimate of drug-likeness (QED) is 0.629. The van der Waals surface area contributed by atoms with Crippen LogP contribution in [0, 0.1) is 24.7 Å². The Balaban J connectivity index is 1.33. The monoisotopic (exact) mass is 431 g/mol. The van der Waals surface area contributed by atoms with E-state index in [1.807, 2.05) is 56.3 Å². The zero-order valence-corrected chi connectivity index (χ0v) is 18.8. The van der Waals surface area contributed by atoms with Crippen LogP contribution in [0.5, 0.6) is 0 Å². The molecule has 2 saturated carbocycles. The second-order valence-corrected chi connectivity index (χ2v) is 9.21. The van der Waals surface area contributed by atoms with E-state index in [9.17, 15) is 4.79 Å². The summed E-state index contributed by atoms with van der Waals surface area (Å²) in [5.74, 6) is 3.00. The summed E-state index contributed by atoms with van der Waals surface area (Å²) in [5.41, 5.74) is 4.43. The molecule has 32 heavy (non-hydrogen) atoms. The van der Waals surface area contributed by atoms with Gasteiger partial charge >= 0.3 is 0 Å². The lowest BCUT2D eigenvalue weighted by molar-refractivity contribution is -0.123. The smallest absolute Gasteiger partial charge is 0.225 e. The van der Waals surface area contributed by atoms with Gasteiger partial charge in [-0.05, 0) is 37.2 Å². The molecule has 3 atom stereocenters. The number of benzene rings is 1. The molecule has 0 saturated heterocycles. The van der Waals surface area contributed by atoms with Crippen LogP contribution in [-0.4, -0.2) is 35.1 Å². The number of hydrogen-bond donors (Lipinski definition) is 1. The number of carbonyl (C=O) groups is 1. The SMILES string of the molecule is Cc1cc(-c2cnc(N(C)C)nc2-c2ccc(CNC(=O)C3[C@H]4CCCC[C@@H]34)cc2)on1. The maximum Gasteiger partial charge on any atom is 0.225 e. The Bertz CT molecular complexity index is 1110. The summed E-state index contributed by atoms with van der Waals surface area (Å²) in [6.07, 6.45) is 6.78. The molecule has 7 nitrogen and oxygen atoms in total. The number of aryl methyl sites for hydroxylation is 1. The first-order chi connectivity index (χ1) is 15.5. The van der Waals surface area contributed by atoms with Crippen molar-refractivity contribution in [3.63, 3.8) is 0 Å². The first-order valence-corrected chi connectivity index (χ1v) is 11.4. The largest absolute Gasteiger partial charge is 0.356 e. The Kier molecular flexibility index (Phi) is 5.41. The maximum atomic E-state index is 12.6. The number of aromatic nitrogens is 3. The van der Waals surface area contributed by atoms with E-state index in [4.69, 9.17) is 9.51 Å². The van der Waals surface area contributed by atoms with E-state index in [1.165, 1.54) is 25.7 Å². The van der Waals surface area contributed by atoms with Gasteiger partial charge in [-0.2, -0.15) is 0 Å². The molecule has 1 amide bonds. The number of nitrogens with zero attached hydrogens (tertiary/aromatic N) is 4. The van der Waals surface area contributed by atoms with Gasteiger partial charge in [0.25, 0.3) is 0 Å². The van der Waals surface area contributed by atoms with Gasteiger partial charge in [0, 0.05) is 44.4 Å². The Labute approximate surface area is 188 Å². The van der Waals surface area contributed by atoms with Gasteiger partial charge in [0.05, 0.1) is 17.0 Å². The highest BCUT2D eigenvalue weighted by Crippen LogP contribution is 2.55. The minimum atomic E-state index is 0.223. The van der Waals surface area contributed by atoms with Crippen molar-refractivity contribution in [1.82, 2.24) is 20.4 Å². The predicted octanol–water partition coefficient (Wildman–Crippen LogP) is 4.23. The minimum Gasteiger partial charge on any atom is -0.356 e. The van der Waals surface area contributed by atoms with Crippen molar-refractivity contribution in [3.05, 3.63) is 47.8 Å². The first-order valence-electron chi connectivity index (χ1n) is 11.4. The lowest BCUT2D eigenvalue weighted by Gasteiger charge is -2.14. The van der Waals surface area contributed by atoms with Crippen molar-refractivity contribution in [1.29, 1.82) is 0 Å². The summed E-state index contributed by atoms with van der Waals surface area (Å²) in [5, 5.41) is 7.15. The molecule has 5 rings (SSSR count). The molecule has 7 heteroatoms. The van der Waals surface area contributed by atoms with Crippen molar-refractivity contribution in [2.24, 2.45) is 17.8 Å². The molecule has 3 aromatic rings. The minimum absolute atomic E-state index is 0.223. The van der Waals surface area contributed by atoms with E-state index in [2.05, 4.69) is 15.5 Å². The van der Waals surface area contributed by atoms with Crippen LogP contribution in [0.4, 0.5) is 5.95 Å². The molecule has 0 bridgehead atoms. The Hall–Kier alpha value is -3.22. The summed E-state index contributed by atoms with van der Waals surface area (Å²) in [6.45, 7) is 2.44. The van der Waals surface area contributed by atoms with E-state index < -0.39 is 0 Å². The molecule has 2 fully saturated rings. The standard InChI is InChI=1S/C25H29N5O2/c1-15-12-21(32-29-15)20-14-27-25(30(2)3)28-23(20)17-10-8-16(9-11-17)13-26-24(31)22-18-6-4-5-7-19(18)22/h8-12,14,18-19,22H,4-7,13H2,1-3H3,(H,26,31)/t18-,19+,22?. The predicted molar refractivity (Wildman–Crippen MR) is 123 cm³/mol. The van der Waals surface area contributed by atoms with Crippen molar-refractivity contribution in [2.75, 3.05) is 19.0 Å². The summed E-state index contributed by atoms with van der Waals surface area (Å²) in [6, 6.07) is 10.0. The molecule has 2 heterocycles. The molecule has 0 spiro atoms. The average Bonchev–Trinajstić information content (AvgIpc) is 3.39. The van der Waals surface area contributed by atoms with E-state index in [1.54, 1.807) is 6.20 Å². The summed E-state index contributed by atoms with van der Waals surface area (Å²) < 4.78 is 5.48. The Morgan fingerprint density at radius 2 is 1.88 bits per heavy atom. The molecule has 1 aromatic carbocycles. The number of hydrogen-bond acceptors (Lipinski definition) is 6. The molecular weight excluding hydrogens is 402 g/mol. The van der Waals surface area contributed by atoms with E-state index in [0.717, 1.165) is 28.1 Å². The van der Waals surface area contributed by atoms with Crippen molar-refractivity contribution in [2.45, 2.75) is 39.2 Å². The lowest BCUT2D eigenvalue weighted by Crippen LogP contribution is -2.25. The molecule has 2 aliphatic carbocycles. The van der Waals surface area contributed by atoms with Crippen molar-refractivity contribution < 1.29 is 9.32 Å². The topological polar surface area (TPSA) is 84.2 Å². The number of fused-ring (bicyclic) bond motifs is 1. The van der Waals surface area contributed by atoms with Crippen LogP contribution in [-0.2, 0) is 11.3 Å². The highest BCUT2D eigenvalue weighted by molar-refractivity contribution is 5.82. The third kappa shape index (κ3) is 3.99. The average molecular weight is 432 g/mol. The molecule has 2 aliphatic rings. The third-order valence-corrected chi connectivity index (χ3v) is 6.72. The molecule has 0 radical (unpaired) electrons. The van der Waals surface area contributed by atoms with Gasteiger partial charge in [-0.1, -0.05) is 42.3 Å². The van der Waals surface area contributed by atoms with Crippen molar-refractivity contribution >= 4 is 11.9 Å². The van der Waals surface area contributed by atoms with E-state index in [-0.39, 0.29) is 11.8 Å². The summed E-state index contributed by atoms with van der Waals surface area (Å²) in [4.78, 5) is 23.7. The second-order valence-electron chi connectivity index (χ2n) is 9.21. The van der Waals surface area contributed by atoms with Crippen molar-refractivity contribution in [3.8, 4) is 22.6 Å². The van der Waals surface area contributed by atoms with Crippen LogP contribution in [0.25, 0.3) is 22.6 Å². The van der Waals surface area contributed by atoms with Crippen LogP contribution >= 0.6 is 0 Å².